The standard InChI is InChI=1S/C13H8F2O2/c14-13(15)16-11-7-6-10(8-12(11)17-13)9-4-2-1-3-5-9/h1-8H. The Morgan fingerprint density at radius 2 is 1.47 bits per heavy atom. The zero-order valence-electron chi connectivity index (χ0n) is 8.69. The molecule has 0 aliphatic carbocycles. The number of ether oxygens (including phenoxy) is 2. The van der Waals surface area contributed by atoms with Gasteiger partial charge in [-0.1, -0.05) is 36.4 Å². The molecule has 0 N–H and O–H groups in total. The summed E-state index contributed by atoms with van der Waals surface area (Å²) in [6, 6.07) is 14.2. The second-order valence-electron chi connectivity index (χ2n) is 3.70. The maximum Gasteiger partial charge on any atom is 0.586 e. The average molecular weight is 234 g/mol. The second-order valence-corrected chi connectivity index (χ2v) is 3.70. The summed E-state index contributed by atoms with van der Waals surface area (Å²) in [7, 11) is 0. The first-order valence-corrected chi connectivity index (χ1v) is 5.09. The van der Waals surface area contributed by atoms with Crippen molar-refractivity contribution in [2.45, 2.75) is 6.29 Å². The molecule has 0 fully saturated rings. The molecule has 0 radical (unpaired) electrons. The number of halogens is 2. The minimum Gasteiger partial charge on any atom is -0.395 e. The Hall–Kier alpha value is -2.10. The second kappa shape index (κ2) is 3.45. The number of hydrogen-bond acceptors (Lipinski definition) is 2. The van der Waals surface area contributed by atoms with Gasteiger partial charge in [0, 0.05) is 0 Å². The van der Waals surface area contributed by atoms with Gasteiger partial charge in [0.25, 0.3) is 0 Å². The van der Waals surface area contributed by atoms with E-state index in [9.17, 15) is 8.78 Å². The van der Waals surface area contributed by atoms with Gasteiger partial charge in [-0.25, -0.2) is 0 Å². The topological polar surface area (TPSA) is 18.5 Å². The van der Waals surface area contributed by atoms with Crippen molar-refractivity contribution in [3.63, 3.8) is 0 Å². The van der Waals surface area contributed by atoms with Gasteiger partial charge in [-0.2, -0.15) is 0 Å². The van der Waals surface area contributed by atoms with E-state index in [1.807, 2.05) is 30.3 Å². The number of fused-ring (bicyclic) bond motifs is 1. The van der Waals surface area contributed by atoms with Crippen LogP contribution in [0.2, 0.25) is 0 Å². The lowest BCUT2D eigenvalue weighted by atomic mass is 10.1. The fraction of sp³-hybridized carbons (Fsp3) is 0.0769. The molecule has 0 amide bonds. The van der Waals surface area contributed by atoms with E-state index in [-0.39, 0.29) is 11.5 Å². The van der Waals surface area contributed by atoms with E-state index in [4.69, 9.17) is 0 Å². The highest BCUT2D eigenvalue weighted by Crippen LogP contribution is 2.42. The van der Waals surface area contributed by atoms with Crippen LogP contribution in [0, 0.1) is 0 Å². The van der Waals surface area contributed by atoms with Crippen LogP contribution in [0.4, 0.5) is 8.78 Å². The third-order valence-corrected chi connectivity index (χ3v) is 2.51. The van der Waals surface area contributed by atoms with Crippen LogP contribution in [0.15, 0.2) is 48.5 Å². The minimum atomic E-state index is -3.56. The highest BCUT2D eigenvalue weighted by Gasteiger charge is 2.43. The van der Waals surface area contributed by atoms with Gasteiger partial charge in [-0.3, -0.25) is 0 Å². The van der Waals surface area contributed by atoms with Crippen molar-refractivity contribution in [3.05, 3.63) is 48.5 Å². The van der Waals surface area contributed by atoms with Crippen molar-refractivity contribution in [2.75, 3.05) is 0 Å². The molecule has 0 saturated carbocycles. The molecule has 0 bridgehead atoms. The number of benzene rings is 2. The maximum atomic E-state index is 12.8. The van der Waals surface area contributed by atoms with Gasteiger partial charge in [0.15, 0.2) is 11.5 Å². The summed E-state index contributed by atoms with van der Waals surface area (Å²) in [6.07, 6.45) is -3.56. The highest BCUT2D eigenvalue weighted by atomic mass is 19.3. The van der Waals surface area contributed by atoms with Crippen LogP contribution >= 0.6 is 0 Å². The van der Waals surface area contributed by atoms with Crippen molar-refractivity contribution in [2.24, 2.45) is 0 Å². The van der Waals surface area contributed by atoms with Crippen LogP contribution in [0.3, 0.4) is 0 Å². The summed E-state index contributed by atoms with van der Waals surface area (Å²) in [6.45, 7) is 0. The Balaban J connectivity index is 2.02. The summed E-state index contributed by atoms with van der Waals surface area (Å²) in [5.74, 6) is 0.131. The van der Waals surface area contributed by atoms with Gasteiger partial charge in [0.1, 0.15) is 0 Å². The largest absolute Gasteiger partial charge is 0.586 e. The van der Waals surface area contributed by atoms with E-state index in [0.717, 1.165) is 11.1 Å². The maximum absolute atomic E-state index is 12.8. The van der Waals surface area contributed by atoms with E-state index in [0.29, 0.717) is 0 Å². The van der Waals surface area contributed by atoms with E-state index < -0.39 is 6.29 Å². The third-order valence-electron chi connectivity index (χ3n) is 2.51. The van der Waals surface area contributed by atoms with Gasteiger partial charge in [-0.05, 0) is 23.3 Å². The van der Waals surface area contributed by atoms with Crippen molar-refractivity contribution in [3.8, 4) is 22.6 Å². The molecule has 0 saturated heterocycles. The third kappa shape index (κ3) is 1.82. The monoisotopic (exact) mass is 234 g/mol. The summed E-state index contributed by atoms with van der Waals surface area (Å²) in [4.78, 5) is 0. The van der Waals surface area contributed by atoms with Crippen molar-refractivity contribution < 1.29 is 18.3 Å². The molecule has 1 aliphatic rings. The SMILES string of the molecule is FC1(F)Oc2ccc(-c3ccccc3)cc2O1. The lowest BCUT2D eigenvalue weighted by Gasteiger charge is -2.04. The van der Waals surface area contributed by atoms with Gasteiger partial charge in [0.05, 0.1) is 0 Å². The molecular weight excluding hydrogens is 226 g/mol. The first-order chi connectivity index (χ1) is 8.14. The molecule has 0 aromatic heterocycles. The zero-order chi connectivity index (χ0) is 11.9. The minimum absolute atomic E-state index is 0.0645. The fourth-order valence-electron chi connectivity index (χ4n) is 1.76. The number of alkyl halides is 2. The average Bonchev–Trinajstić information content (AvgIpc) is 2.63. The van der Waals surface area contributed by atoms with Crippen LogP contribution in [-0.4, -0.2) is 6.29 Å². The lowest BCUT2D eigenvalue weighted by molar-refractivity contribution is -0.286. The summed E-state index contributed by atoms with van der Waals surface area (Å²) in [5.41, 5.74) is 1.75. The molecule has 0 atom stereocenters. The Kier molecular flexibility index (Phi) is 2.04. The Morgan fingerprint density at radius 3 is 2.24 bits per heavy atom. The smallest absolute Gasteiger partial charge is 0.395 e. The zero-order valence-corrected chi connectivity index (χ0v) is 8.69. The molecule has 1 heterocycles. The molecular formula is C13H8F2O2. The molecule has 0 unspecified atom stereocenters. The number of hydrogen-bond donors (Lipinski definition) is 0. The molecule has 3 rings (SSSR count). The highest BCUT2D eigenvalue weighted by molar-refractivity contribution is 5.67. The van der Waals surface area contributed by atoms with E-state index in [1.165, 1.54) is 6.07 Å². The first-order valence-electron chi connectivity index (χ1n) is 5.09. The number of rotatable bonds is 1. The Morgan fingerprint density at radius 1 is 0.765 bits per heavy atom. The van der Waals surface area contributed by atoms with Crippen LogP contribution in [0.1, 0.15) is 0 Å². The van der Waals surface area contributed by atoms with Crippen molar-refractivity contribution >= 4 is 0 Å². The Bertz CT molecular complexity index is 553. The summed E-state index contributed by atoms with van der Waals surface area (Å²) in [5, 5.41) is 0. The molecule has 4 heteroatoms. The van der Waals surface area contributed by atoms with Crippen LogP contribution < -0.4 is 9.47 Å². The Labute approximate surface area is 96.4 Å². The van der Waals surface area contributed by atoms with Gasteiger partial charge in [-0.15, -0.1) is 8.78 Å². The van der Waals surface area contributed by atoms with Crippen LogP contribution in [0.25, 0.3) is 11.1 Å². The van der Waals surface area contributed by atoms with E-state index >= 15 is 0 Å². The van der Waals surface area contributed by atoms with E-state index in [2.05, 4.69) is 9.47 Å². The summed E-state index contributed by atoms with van der Waals surface area (Å²) >= 11 is 0. The van der Waals surface area contributed by atoms with Crippen LogP contribution in [0.5, 0.6) is 11.5 Å². The summed E-state index contributed by atoms with van der Waals surface area (Å²) < 4.78 is 34.4. The van der Waals surface area contributed by atoms with Gasteiger partial charge < -0.3 is 9.47 Å². The predicted octanol–water partition coefficient (Wildman–Crippen LogP) is 3.68. The van der Waals surface area contributed by atoms with Crippen LogP contribution in [-0.2, 0) is 0 Å². The molecule has 2 aromatic carbocycles. The molecule has 2 aromatic rings. The molecule has 2 nitrogen and oxygen atoms in total. The lowest BCUT2D eigenvalue weighted by Crippen LogP contribution is -2.25. The van der Waals surface area contributed by atoms with Gasteiger partial charge >= 0.3 is 6.29 Å². The fourth-order valence-corrected chi connectivity index (χ4v) is 1.76. The quantitative estimate of drug-likeness (QED) is 0.749. The molecule has 1 aliphatic heterocycles. The normalized spacial score (nSPS) is 15.9. The first kappa shape index (κ1) is 10.1. The molecule has 86 valence electrons. The van der Waals surface area contributed by atoms with Gasteiger partial charge in [0.2, 0.25) is 0 Å². The predicted molar refractivity (Wildman–Crippen MR) is 58.1 cm³/mol. The van der Waals surface area contributed by atoms with E-state index in [1.54, 1.807) is 12.1 Å². The van der Waals surface area contributed by atoms with Crippen molar-refractivity contribution in [1.82, 2.24) is 0 Å². The van der Waals surface area contributed by atoms with Crippen molar-refractivity contribution in [1.29, 1.82) is 0 Å². The molecule has 0 spiro atoms. The molecule has 17 heavy (non-hydrogen) atoms.